The molecule has 5 heteroatoms. The van der Waals surface area contributed by atoms with E-state index in [1.807, 2.05) is 12.1 Å². The molecular weight excluding hydrogens is 226 g/mol. The zero-order valence-corrected chi connectivity index (χ0v) is 9.67. The lowest BCUT2D eigenvalue weighted by molar-refractivity contribution is -0.136. The highest BCUT2D eigenvalue weighted by atomic mass is 32.1. The van der Waals surface area contributed by atoms with E-state index in [1.165, 1.54) is 11.3 Å². The Kier molecular flexibility index (Phi) is 3.58. The summed E-state index contributed by atoms with van der Waals surface area (Å²) in [5.74, 6) is -0.788. The van der Waals surface area contributed by atoms with Gasteiger partial charge >= 0.3 is 5.97 Å². The SMILES string of the molecule is O=C(O)Cc1ccc(CNC2CC(O)C2)s1. The van der Waals surface area contributed by atoms with Crippen molar-refractivity contribution in [1.82, 2.24) is 5.32 Å². The quantitative estimate of drug-likeness (QED) is 0.719. The number of nitrogens with one attached hydrogen (secondary N) is 1. The molecule has 0 radical (unpaired) electrons. The van der Waals surface area contributed by atoms with Crippen LogP contribution < -0.4 is 5.32 Å². The molecule has 3 N–H and O–H groups in total. The summed E-state index contributed by atoms with van der Waals surface area (Å²) in [7, 11) is 0. The molecule has 88 valence electrons. The average Bonchev–Trinajstić information content (AvgIpc) is 2.57. The Bertz CT molecular complexity index is 371. The zero-order valence-electron chi connectivity index (χ0n) is 8.85. The summed E-state index contributed by atoms with van der Waals surface area (Å²) in [6, 6.07) is 4.25. The van der Waals surface area contributed by atoms with Crippen molar-refractivity contribution >= 4 is 17.3 Å². The van der Waals surface area contributed by atoms with Crippen molar-refractivity contribution < 1.29 is 15.0 Å². The number of hydrogen-bond donors (Lipinski definition) is 3. The molecule has 0 spiro atoms. The van der Waals surface area contributed by atoms with E-state index in [4.69, 9.17) is 10.2 Å². The van der Waals surface area contributed by atoms with Crippen LogP contribution in [-0.4, -0.2) is 28.3 Å². The first-order valence-corrected chi connectivity index (χ1v) is 6.16. The molecule has 0 aromatic carbocycles. The van der Waals surface area contributed by atoms with Crippen molar-refractivity contribution in [3.05, 3.63) is 21.9 Å². The summed E-state index contributed by atoms with van der Waals surface area (Å²) in [5, 5.41) is 21.1. The normalized spacial score (nSPS) is 24.1. The lowest BCUT2D eigenvalue weighted by Gasteiger charge is -2.32. The average molecular weight is 241 g/mol. The van der Waals surface area contributed by atoms with E-state index in [0.29, 0.717) is 6.04 Å². The first-order valence-electron chi connectivity index (χ1n) is 5.34. The standard InChI is InChI=1S/C11H15NO3S/c13-8-3-7(4-8)12-6-10-2-1-9(16-10)5-11(14)15/h1-2,7-8,12-13H,3-6H2,(H,14,15). The summed E-state index contributed by atoms with van der Waals surface area (Å²) >= 11 is 1.53. The molecule has 0 aliphatic heterocycles. The van der Waals surface area contributed by atoms with Gasteiger partial charge in [0, 0.05) is 22.3 Å². The van der Waals surface area contributed by atoms with Crippen LogP contribution in [0.4, 0.5) is 0 Å². The number of thiophene rings is 1. The first-order chi connectivity index (χ1) is 7.63. The number of rotatable bonds is 5. The molecule has 0 atom stereocenters. The highest BCUT2D eigenvalue weighted by Crippen LogP contribution is 2.21. The zero-order chi connectivity index (χ0) is 11.5. The lowest BCUT2D eigenvalue weighted by Crippen LogP contribution is -2.43. The molecular formula is C11H15NO3S. The van der Waals surface area contributed by atoms with Crippen molar-refractivity contribution in [3.63, 3.8) is 0 Å². The van der Waals surface area contributed by atoms with E-state index >= 15 is 0 Å². The molecule has 0 saturated heterocycles. The second-order valence-electron chi connectivity index (χ2n) is 4.14. The summed E-state index contributed by atoms with van der Waals surface area (Å²) in [6.45, 7) is 0.766. The molecule has 0 bridgehead atoms. The van der Waals surface area contributed by atoms with Crippen LogP contribution in [0.25, 0.3) is 0 Å². The first kappa shape index (κ1) is 11.6. The third-order valence-corrected chi connectivity index (χ3v) is 3.81. The summed E-state index contributed by atoms with van der Waals surface area (Å²) in [6.07, 6.45) is 1.62. The molecule has 0 unspecified atom stereocenters. The van der Waals surface area contributed by atoms with Gasteiger partial charge < -0.3 is 15.5 Å². The minimum absolute atomic E-state index is 0.104. The van der Waals surface area contributed by atoms with Crippen LogP contribution in [0.2, 0.25) is 0 Å². The molecule has 1 heterocycles. The van der Waals surface area contributed by atoms with Gasteiger partial charge in [0.2, 0.25) is 0 Å². The predicted octanol–water partition coefficient (Wildman–Crippen LogP) is 0.988. The summed E-state index contributed by atoms with van der Waals surface area (Å²) in [5.41, 5.74) is 0. The topological polar surface area (TPSA) is 69.6 Å². The van der Waals surface area contributed by atoms with Crippen LogP contribution in [0, 0.1) is 0 Å². The van der Waals surface area contributed by atoms with Gasteiger partial charge in [-0.3, -0.25) is 4.79 Å². The van der Waals surface area contributed by atoms with Gasteiger partial charge in [-0.15, -0.1) is 11.3 Å². The number of hydrogen-bond acceptors (Lipinski definition) is 4. The maximum atomic E-state index is 10.5. The Balaban J connectivity index is 1.76. The van der Waals surface area contributed by atoms with Gasteiger partial charge in [0.05, 0.1) is 12.5 Å². The summed E-state index contributed by atoms with van der Waals surface area (Å²) in [4.78, 5) is 12.5. The molecule has 1 aromatic rings. The minimum atomic E-state index is -0.788. The van der Waals surface area contributed by atoms with Gasteiger partial charge in [-0.2, -0.15) is 0 Å². The molecule has 1 saturated carbocycles. The molecule has 4 nitrogen and oxygen atoms in total. The van der Waals surface area contributed by atoms with Crippen LogP contribution in [0.15, 0.2) is 12.1 Å². The van der Waals surface area contributed by atoms with Gasteiger partial charge in [0.15, 0.2) is 0 Å². The fourth-order valence-electron chi connectivity index (χ4n) is 1.76. The van der Waals surface area contributed by atoms with E-state index in [9.17, 15) is 4.79 Å². The molecule has 1 aromatic heterocycles. The van der Waals surface area contributed by atoms with Crippen molar-refractivity contribution in [2.45, 2.75) is 38.0 Å². The number of carboxylic acids is 1. The van der Waals surface area contributed by atoms with Crippen molar-refractivity contribution in [2.75, 3.05) is 0 Å². The molecule has 16 heavy (non-hydrogen) atoms. The van der Waals surface area contributed by atoms with Gasteiger partial charge in [-0.1, -0.05) is 0 Å². The van der Waals surface area contributed by atoms with E-state index in [2.05, 4.69) is 5.32 Å². The van der Waals surface area contributed by atoms with Crippen LogP contribution in [0.5, 0.6) is 0 Å². The van der Waals surface area contributed by atoms with E-state index < -0.39 is 5.97 Å². The van der Waals surface area contributed by atoms with E-state index in [0.717, 1.165) is 29.1 Å². The Hall–Kier alpha value is -0.910. The number of aliphatic hydroxyl groups excluding tert-OH is 1. The lowest BCUT2D eigenvalue weighted by atomic mass is 9.89. The Labute approximate surface area is 97.9 Å². The third kappa shape index (κ3) is 3.04. The Morgan fingerprint density at radius 1 is 1.44 bits per heavy atom. The highest BCUT2D eigenvalue weighted by molar-refractivity contribution is 7.12. The fraction of sp³-hybridized carbons (Fsp3) is 0.545. The second kappa shape index (κ2) is 4.95. The number of aliphatic hydroxyl groups is 1. The molecule has 1 fully saturated rings. The van der Waals surface area contributed by atoms with Crippen LogP contribution >= 0.6 is 11.3 Å². The number of aliphatic carboxylic acids is 1. The molecule has 2 rings (SSSR count). The minimum Gasteiger partial charge on any atom is -0.481 e. The highest BCUT2D eigenvalue weighted by Gasteiger charge is 2.26. The Morgan fingerprint density at radius 3 is 2.75 bits per heavy atom. The van der Waals surface area contributed by atoms with E-state index in [1.54, 1.807) is 0 Å². The van der Waals surface area contributed by atoms with Gasteiger partial charge in [-0.25, -0.2) is 0 Å². The van der Waals surface area contributed by atoms with Crippen molar-refractivity contribution in [3.8, 4) is 0 Å². The van der Waals surface area contributed by atoms with Crippen molar-refractivity contribution in [1.29, 1.82) is 0 Å². The van der Waals surface area contributed by atoms with Crippen LogP contribution in [0.3, 0.4) is 0 Å². The monoisotopic (exact) mass is 241 g/mol. The predicted molar refractivity (Wildman–Crippen MR) is 61.5 cm³/mol. The van der Waals surface area contributed by atoms with Crippen LogP contribution in [0.1, 0.15) is 22.6 Å². The Morgan fingerprint density at radius 2 is 2.12 bits per heavy atom. The fourth-order valence-corrected chi connectivity index (χ4v) is 2.72. The molecule has 1 aliphatic rings. The molecule has 1 aliphatic carbocycles. The van der Waals surface area contributed by atoms with Crippen molar-refractivity contribution in [2.24, 2.45) is 0 Å². The maximum Gasteiger partial charge on any atom is 0.308 e. The van der Waals surface area contributed by atoms with E-state index in [-0.39, 0.29) is 12.5 Å². The number of carboxylic acid groups (broad SMARTS) is 1. The number of carbonyl (C=O) groups is 1. The second-order valence-corrected chi connectivity index (χ2v) is 5.39. The van der Waals surface area contributed by atoms with Gasteiger partial charge in [0.25, 0.3) is 0 Å². The van der Waals surface area contributed by atoms with Gasteiger partial charge in [0.1, 0.15) is 0 Å². The molecule has 0 amide bonds. The smallest absolute Gasteiger partial charge is 0.308 e. The third-order valence-electron chi connectivity index (χ3n) is 2.72. The van der Waals surface area contributed by atoms with Gasteiger partial charge in [-0.05, 0) is 25.0 Å². The largest absolute Gasteiger partial charge is 0.481 e. The maximum absolute atomic E-state index is 10.5. The summed E-state index contributed by atoms with van der Waals surface area (Å²) < 4.78 is 0. The van der Waals surface area contributed by atoms with Crippen LogP contribution in [-0.2, 0) is 17.8 Å².